The van der Waals surface area contributed by atoms with E-state index in [1.807, 2.05) is 24.3 Å². The van der Waals surface area contributed by atoms with E-state index in [0.29, 0.717) is 0 Å². The minimum atomic E-state index is 0.803. The average molecular weight is 671 g/mol. The van der Waals surface area contributed by atoms with Crippen molar-refractivity contribution in [1.82, 2.24) is 4.57 Å². The number of rotatable bonds is 7. The Morgan fingerprint density at radius 2 is 1.08 bits per heavy atom. The first-order valence-corrected chi connectivity index (χ1v) is 17.6. The molecule has 0 fully saturated rings. The SMILES string of the molecule is COc1cccc(N(c2ccc(-c3ccc4ccc5cc6c7ccccc7n(-c7ccccc7)c6c6ccc3c4c56)cc2)c2cccc(OC)c2)c1. The molecule has 248 valence electrons. The van der Waals surface area contributed by atoms with Crippen molar-refractivity contribution in [3.63, 3.8) is 0 Å². The highest BCUT2D eigenvalue weighted by molar-refractivity contribution is 6.32. The molecule has 4 nitrogen and oxygen atoms in total. The maximum absolute atomic E-state index is 5.60. The Kier molecular flexibility index (Phi) is 6.90. The van der Waals surface area contributed by atoms with Crippen LogP contribution in [0.4, 0.5) is 17.1 Å². The van der Waals surface area contributed by atoms with Gasteiger partial charge in [0.25, 0.3) is 0 Å². The lowest BCUT2D eigenvalue weighted by Crippen LogP contribution is -2.10. The minimum Gasteiger partial charge on any atom is -0.497 e. The molecule has 1 heterocycles. The molecule has 0 saturated heterocycles. The third-order valence-electron chi connectivity index (χ3n) is 10.5. The smallest absolute Gasteiger partial charge is 0.120 e. The highest BCUT2D eigenvalue weighted by Crippen LogP contribution is 2.45. The van der Waals surface area contributed by atoms with Crippen molar-refractivity contribution >= 4 is 71.2 Å². The summed E-state index contributed by atoms with van der Waals surface area (Å²) >= 11 is 0. The summed E-state index contributed by atoms with van der Waals surface area (Å²) in [6.07, 6.45) is 0. The fraction of sp³-hybridized carbons (Fsp3) is 0.0417. The molecular weight excluding hydrogens is 637 g/mol. The molecule has 0 atom stereocenters. The van der Waals surface area contributed by atoms with Gasteiger partial charge >= 0.3 is 0 Å². The summed E-state index contributed by atoms with van der Waals surface area (Å²) in [5, 5.41) is 10.2. The predicted molar refractivity (Wildman–Crippen MR) is 218 cm³/mol. The fourth-order valence-corrected chi connectivity index (χ4v) is 8.16. The molecule has 0 radical (unpaired) electrons. The van der Waals surface area contributed by atoms with Crippen molar-refractivity contribution in [2.75, 3.05) is 19.1 Å². The molecule has 10 rings (SSSR count). The van der Waals surface area contributed by atoms with E-state index in [1.165, 1.54) is 70.9 Å². The Bertz CT molecular complexity index is 2880. The lowest BCUT2D eigenvalue weighted by Gasteiger charge is -2.26. The summed E-state index contributed by atoms with van der Waals surface area (Å²) in [4.78, 5) is 2.23. The number of anilines is 3. The van der Waals surface area contributed by atoms with Gasteiger partial charge < -0.3 is 18.9 Å². The molecule has 0 aliphatic rings. The highest BCUT2D eigenvalue weighted by Gasteiger charge is 2.20. The van der Waals surface area contributed by atoms with Crippen LogP contribution in [-0.4, -0.2) is 18.8 Å². The third kappa shape index (κ3) is 4.61. The van der Waals surface area contributed by atoms with Gasteiger partial charge in [-0.2, -0.15) is 0 Å². The van der Waals surface area contributed by atoms with E-state index in [-0.39, 0.29) is 0 Å². The van der Waals surface area contributed by atoms with E-state index in [1.54, 1.807) is 14.2 Å². The second-order valence-electron chi connectivity index (χ2n) is 13.3. The molecule has 0 aliphatic carbocycles. The van der Waals surface area contributed by atoms with Gasteiger partial charge in [0.2, 0.25) is 0 Å². The van der Waals surface area contributed by atoms with Gasteiger partial charge in [-0.25, -0.2) is 0 Å². The molecule has 0 unspecified atom stereocenters. The molecular formula is C48H34N2O2. The van der Waals surface area contributed by atoms with Crippen LogP contribution in [0.1, 0.15) is 0 Å². The van der Waals surface area contributed by atoms with E-state index >= 15 is 0 Å². The summed E-state index contributed by atoms with van der Waals surface area (Å²) in [7, 11) is 3.40. The van der Waals surface area contributed by atoms with Crippen LogP contribution in [-0.2, 0) is 0 Å². The molecule has 0 spiro atoms. The number of para-hydroxylation sites is 2. The molecule has 1 aromatic heterocycles. The molecule has 0 aliphatic heterocycles. The zero-order valence-electron chi connectivity index (χ0n) is 28.9. The Morgan fingerprint density at radius 1 is 0.442 bits per heavy atom. The fourth-order valence-electron chi connectivity index (χ4n) is 8.16. The van der Waals surface area contributed by atoms with Crippen LogP contribution < -0.4 is 14.4 Å². The van der Waals surface area contributed by atoms with Crippen molar-refractivity contribution in [2.45, 2.75) is 0 Å². The van der Waals surface area contributed by atoms with E-state index in [9.17, 15) is 0 Å². The standard InChI is InChI=1S/C48H34N2O2/c1-51-38-14-8-12-36(29-38)49(37-13-9-15-39(30-37)52-2)35-23-20-31(21-24-35)40-25-22-32-18-19-33-28-44-41-16-6-7-17-45(41)50(34-10-4-3-5-11-34)48(44)43-27-26-42(40)46(32)47(33)43/h3-30H,1-2H3. The largest absolute Gasteiger partial charge is 0.497 e. The van der Waals surface area contributed by atoms with Crippen LogP contribution in [0.25, 0.3) is 70.9 Å². The zero-order valence-corrected chi connectivity index (χ0v) is 28.9. The Morgan fingerprint density at radius 3 is 1.81 bits per heavy atom. The number of fused-ring (bicyclic) bond motifs is 4. The first-order chi connectivity index (χ1) is 25.7. The quantitative estimate of drug-likeness (QED) is 0.158. The monoisotopic (exact) mass is 670 g/mol. The summed E-state index contributed by atoms with van der Waals surface area (Å²) in [6, 6.07) is 60.9. The van der Waals surface area contributed by atoms with E-state index in [0.717, 1.165) is 28.6 Å². The molecule has 10 aromatic rings. The van der Waals surface area contributed by atoms with E-state index in [4.69, 9.17) is 9.47 Å². The van der Waals surface area contributed by atoms with Crippen LogP contribution >= 0.6 is 0 Å². The van der Waals surface area contributed by atoms with Crippen LogP contribution in [0.15, 0.2) is 170 Å². The molecule has 4 heteroatoms. The number of hydrogen-bond acceptors (Lipinski definition) is 3. The number of aromatic nitrogens is 1. The van der Waals surface area contributed by atoms with Gasteiger partial charge in [-0.3, -0.25) is 0 Å². The summed E-state index contributed by atoms with van der Waals surface area (Å²) in [5.74, 6) is 1.61. The van der Waals surface area contributed by atoms with Crippen molar-refractivity contribution < 1.29 is 9.47 Å². The van der Waals surface area contributed by atoms with E-state index in [2.05, 4.69) is 155 Å². The third-order valence-corrected chi connectivity index (χ3v) is 10.5. The van der Waals surface area contributed by atoms with Crippen molar-refractivity contribution in [3.05, 3.63) is 170 Å². The first-order valence-electron chi connectivity index (χ1n) is 17.6. The minimum absolute atomic E-state index is 0.803. The number of benzene rings is 9. The molecule has 0 amide bonds. The Hall–Kier alpha value is -6.78. The molecule has 52 heavy (non-hydrogen) atoms. The number of methoxy groups -OCH3 is 2. The van der Waals surface area contributed by atoms with Gasteiger partial charge in [-0.1, -0.05) is 97.1 Å². The van der Waals surface area contributed by atoms with Gasteiger partial charge in [0, 0.05) is 51.0 Å². The molecule has 9 aromatic carbocycles. The van der Waals surface area contributed by atoms with Crippen molar-refractivity contribution in [1.29, 1.82) is 0 Å². The zero-order chi connectivity index (χ0) is 34.8. The van der Waals surface area contributed by atoms with Crippen molar-refractivity contribution in [2.24, 2.45) is 0 Å². The summed E-state index contributed by atoms with van der Waals surface area (Å²) < 4.78 is 13.6. The maximum atomic E-state index is 5.60. The second kappa shape index (κ2) is 11.9. The number of hydrogen-bond donors (Lipinski definition) is 0. The Labute approximate surface area is 301 Å². The van der Waals surface area contributed by atoms with Crippen LogP contribution in [0.5, 0.6) is 11.5 Å². The van der Waals surface area contributed by atoms with Gasteiger partial charge in [-0.15, -0.1) is 0 Å². The first kappa shape index (κ1) is 30.1. The summed E-state index contributed by atoms with van der Waals surface area (Å²) in [6.45, 7) is 0. The van der Waals surface area contributed by atoms with Crippen molar-refractivity contribution in [3.8, 4) is 28.3 Å². The van der Waals surface area contributed by atoms with Gasteiger partial charge in [0.05, 0.1) is 25.3 Å². The second-order valence-corrected chi connectivity index (χ2v) is 13.3. The van der Waals surface area contributed by atoms with Gasteiger partial charge in [-0.05, 0) is 98.7 Å². The molecule has 0 N–H and O–H groups in total. The Balaban J connectivity index is 1.16. The van der Waals surface area contributed by atoms with Crippen LogP contribution in [0.2, 0.25) is 0 Å². The number of ether oxygens (including phenoxy) is 2. The maximum Gasteiger partial charge on any atom is 0.120 e. The normalized spacial score (nSPS) is 11.7. The molecule has 0 saturated carbocycles. The predicted octanol–water partition coefficient (Wildman–Crippen LogP) is 12.8. The van der Waals surface area contributed by atoms with Gasteiger partial charge in [0.1, 0.15) is 11.5 Å². The van der Waals surface area contributed by atoms with E-state index < -0.39 is 0 Å². The topological polar surface area (TPSA) is 26.6 Å². The lowest BCUT2D eigenvalue weighted by molar-refractivity contribution is 0.414. The summed E-state index contributed by atoms with van der Waals surface area (Å²) in [5.41, 5.74) is 9.06. The number of nitrogens with zero attached hydrogens (tertiary/aromatic N) is 2. The van der Waals surface area contributed by atoms with Gasteiger partial charge in [0.15, 0.2) is 0 Å². The molecule has 0 bridgehead atoms. The van der Waals surface area contributed by atoms with Crippen LogP contribution in [0, 0.1) is 0 Å². The lowest BCUT2D eigenvalue weighted by atomic mass is 9.89. The van der Waals surface area contributed by atoms with Crippen LogP contribution in [0.3, 0.4) is 0 Å². The highest BCUT2D eigenvalue weighted by atomic mass is 16.5. The average Bonchev–Trinajstić information content (AvgIpc) is 3.55.